The Hall–Kier alpha value is -3.58. The van der Waals surface area contributed by atoms with Crippen molar-refractivity contribution in [3.8, 4) is 5.69 Å². The molecule has 1 atom stereocenters. The van der Waals surface area contributed by atoms with Crippen LogP contribution in [-0.2, 0) is 31.7 Å². The number of anilines is 1. The first-order valence-corrected chi connectivity index (χ1v) is 14.7. The molecule has 1 unspecified atom stereocenters. The third-order valence-corrected chi connectivity index (χ3v) is 7.87. The summed E-state index contributed by atoms with van der Waals surface area (Å²) in [5, 5.41) is 3.32. The van der Waals surface area contributed by atoms with Crippen LogP contribution in [0.25, 0.3) is 5.69 Å². The average molecular weight is 657 g/mol. The van der Waals surface area contributed by atoms with Crippen LogP contribution in [0.2, 0.25) is 0 Å². The third kappa shape index (κ3) is 9.23. The van der Waals surface area contributed by atoms with Crippen molar-refractivity contribution in [1.82, 2.24) is 4.57 Å². The molecule has 0 bridgehead atoms. The predicted octanol–water partition coefficient (Wildman–Crippen LogP) is 1.41. The molecule has 2 aromatic rings. The topological polar surface area (TPSA) is 130 Å². The summed E-state index contributed by atoms with van der Waals surface area (Å²) in [6, 6.07) is 4.45. The van der Waals surface area contributed by atoms with Crippen molar-refractivity contribution in [2.45, 2.75) is 82.7 Å². The molecule has 1 aromatic carbocycles. The van der Waals surface area contributed by atoms with Gasteiger partial charge in [0.2, 0.25) is 0 Å². The number of hydrogen-bond acceptors (Lipinski definition) is 7. The Labute approximate surface area is 266 Å². The van der Waals surface area contributed by atoms with E-state index in [1.165, 1.54) is 23.6 Å². The molecule has 2 aliphatic carbocycles. The van der Waals surface area contributed by atoms with Crippen molar-refractivity contribution in [2.24, 2.45) is 5.73 Å². The lowest BCUT2D eigenvalue weighted by Crippen LogP contribution is -3.00. The van der Waals surface area contributed by atoms with Crippen molar-refractivity contribution in [1.29, 1.82) is 0 Å². The van der Waals surface area contributed by atoms with Gasteiger partial charge in [0.25, 0.3) is 5.91 Å². The van der Waals surface area contributed by atoms with Crippen LogP contribution < -0.4 is 23.5 Å². The highest BCUT2D eigenvalue weighted by molar-refractivity contribution is 6.00. The zero-order valence-corrected chi connectivity index (χ0v) is 26.6. The maximum Gasteiger partial charge on any atom is 0.418 e. The van der Waals surface area contributed by atoms with Gasteiger partial charge < -0.3 is 42.0 Å². The largest absolute Gasteiger partial charge is 1.00 e. The number of alkyl halides is 3. The number of carbonyl (C=O) groups excluding carboxylic acids is 4. The van der Waals surface area contributed by atoms with Gasteiger partial charge in [0.1, 0.15) is 12.6 Å². The number of ketones is 1. The van der Waals surface area contributed by atoms with E-state index in [-0.39, 0.29) is 48.5 Å². The number of fused-ring (bicyclic) bond motifs is 1. The number of aromatic nitrogens is 1. The number of rotatable bonds is 10. The molecule has 1 heterocycles. The van der Waals surface area contributed by atoms with E-state index in [2.05, 4.69) is 5.32 Å². The van der Waals surface area contributed by atoms with Crippen molar-refractivity contribution >= 4 is 29.3 Å². The molecule has 0 saturated heterocycles. The number of nitrogens with one attached hydrogen (secondary N) is 1. The minimum atomic E-state index is -4.69. The van der Waals surface area contributed by atoms with E-state index in [0.29, 0.717) is 66.6 Å². The minimum absolute atomic E-state index is 0. The van der Waals surface area contributed by atoms with E-state index in [0.717, 1.165) is 6.20 Å². The highest BCUT2D eigenvalue weighted by Crippen LogP contribution is 2.39. The molecular weight excluding hydrogens is 617 g/mol. The number of amides is 1. The second-order valence-corrected chi connectivity index (χ2v) is 12.6. The third-order valence-electron chi connectivity index (χ3n) is 7.87. The lowest BCUT2D eigenvalue weighted by Gasteiger charge is -2.31. The molecule has 1 aromatic heterocycles. The van der Waals surface area contributed by atoms with Gasteiger partial charge in [-0.3, -0.25) is 19.2 Å². The average Bonchev–Trinajstić information content (AvgIpc) is 3.30. The number of benzene rings is 1. The number of halogens is 4. The summed E-state index contributed by atoms with van der Waals surface area (Å²) < 4.78 is 54.4. The number of likely N-dealkylation sites (N-methyl/N-ethyl adjacent to an activating group) is 1. The molecule has 10 nitrogen and oxygen atoms in total. The monoisotopic (exact) mass is 656 g/mol. The molecule has 14 heteroatoms. The van der Waals surface area contributed by atoms with E-state index in [1.807, 2.05) is 21.1 Å². The van der Waals surface area contributed by atoms with Gasteiger partial charge in [0.15, 0.2) is 11.9 Å². The van der Waals surface area contributed by atoms with E-state index < -0.39 is 41.5 Å². The molecule has 4 rings (SSSR count). The molecule has 45 heavy (non-hydrogen) atoms. The number of Topliss-reactive ketones (excluding diaryl/α,β-unsaturated/α-hetero) is 1. The summed E-state index contributed by atoms with van der Waals surface area (Å²) in [5.41, 5.74) is 5.59. The first-order chi connectivity index (χ1) is 20.5. The maximum absolute atomic E-state index is 13.8. The SMILES string of the molecule is CC(=O)OC(CC(=O)OC1CCC(Nc2cc(-n3cc(C(F)(F)F)c4c3CCCC4=O)ccc2C(N)=O)CC1)C[N+](C)(C)C.[Cl-]. The Morgan fingerprint density at radius 1 is 1.11 bits per heavy atom. The first-order valence-electron chi connectivity index (χ1n) is 14.7. The zero-order valence-electron chi connectivity index (χ0n) is 25.8. The van der Waals surface area contributed by atoms with Crippen LogP contribution in [0.1, 0.15) is 83.8 Å². The number of carbonyl (C=O) groups is 4. The Balaban J connectivity index is 0.00000552. The summed E-state index contributed by atoms with van der Waals surface area (Å²) >= 11 is 0. The summed E-state index contributed by atoms with van der Waals surface area (Å²) in [6.07, 6.45) is -1.60. The fraction of sp³-hybridized carbons (Fsp3) is 0.548. The lowest BCUT2D eigenvalue weighted by atomic mass is 9.92. The summed E-state index contributed by atoms with van der Waals surface area (Å²) in [5.74, 6) is -2.14. The van der Waals surface area contributed by atoms with Crippen LogP contribution in [-0.4, -0.2) is 78.6 Å². The van der Waals surface area contributed by atoms with Crippen LogP contribution in [0.4, 0.5) is 18.9 Å². The Kier molecular flexibility index (Phi) is 11.4. The quantitative estimate of drug-likeness (QED) is 0.292. The van der Waals surface area contributed by atoms with Gasteiger partial charge in [0, 0.05) is 42.7 Å². The smallest absolute Gasteiger partial charge is 0.418 e. The van der Waals surface area contributed by atoms with Crippen molar-refractivity contribution < 1.29 is 58.7 Å². The molecule has 1 amide bonds. The van der Waals surface area contributed by atoms with Crippen LogP contribution in [0, 0.1) is 0 Å². The highest BCUT2D eigenvalue weighted by atomic mass is 35.5. The predicted molar refractivity (Wildman–Crippen MR) is 155 cm³/mol. The van der Waals surface area contributed by atoms with Crippen LogP contribution in [0.5, 0.6) is 0 Å². The Bertz CT molecular complexity index is 1430. The van der Waals surface area contributed by atoms with Crippen molar-refractivity contribution in [3.05, 3.63) is 46.8 Å². The van der Waals surface area contributed by atoms with Gasteiger partial charge in [-0.2, -0.15) is 13.2 Å². The molecule has 0 spiro atoms. The molecular formula is C31H40ClF3N4O6. The number of hydrogen-bond donors (Lipinski definition) is 2. The van der Waals surface area contributed by atoms with Gasteiger partial charge in [-0.05, 0) is 56.7 Å². The standard InChI is InChI=1S/C31H39F3N4O6.ClH/c1-18(39)43-22(17-38(2,3)4)15-28(41)44-21-11-8-19(9-12-21)36-25-14-20(10-13-23(25)30(35)42)37-16-24(31(32,33)34)29-26(37)6-5-7-27(29)40;/h10,13-14,16,19,21-22H,5-9,11-12,15,17H2,1-4H3,(H2-,35,36,42);1H. The van der Waals surface area contributed by atoms with Gasteiger partial charge >= 0.3 is 18.1 Å². The van der Waals surface area contributed by atoms with Crippen LogP contribution in [0.15, 0.2) is 24.4 Å². The number of ether oxygens (including phenoxy) is 2. The first kappa shape index (κ1) is 35.9. The van der Waals surface area contributed by atoms with Crippen molar-refractivity contribution in [3.63, 3.8) is 0 Å². The fourth-order valence-electron chi connectivity index (χ4n) is 6.06. The summed E-state index contributed by atoms with van der Waals surface area (Å²) in [4.78, 5) is 48.9. The maximum atomic E-state index is 13.8. The number of quaternary nitrogens is 1. The zero-order chi connectivity index (χ0) is 32.4. The molecule has 0 radical (unpaired) electrons. The second-order valence-electron chi connectivity index (χ2n) is 12.6. The van der Waals surface area contributed by atoms with Crippen LogP contribution >= 0.6 is 0 Å². The van der Waals surface area contributed by atoms with Crippen LogP contribution in [0.3, 0.4) is 0 Å². The molecule has 2 aliphatic rings. The summed E-state index contributed by atoms with van der Waals surface area (Å²) in [7, 11) is 5.80. The lowest BCUT2D eigenvalue weighted by molar-refractivity contribution is -0.873. The number of esters is 2. The normalized spacial score (nSPS) is 19.1. The van der Waals surface area contributed by atoms with Crippen molar-refractivity contribution in [2.75, 3.05) is 33.0 Å². The van der Waals surface area contributed by atoms with Gasteiger partial charge in [0.05, 0.1) is 44.3 Å². The summed E-state index contributed by atoms with van der Waals surface area (Å²) in [6.45, 7) is 1.75. The van der Waals surface area contributed by atoms with E-state index in [9.17, 15) is 32.3 Å². The van der Waals surface area contributed by atoms with E-state index in [1.54, 1.807) is 6.07 Å². The molecule has 0 aliphatic heterocycles. The van der Waals surface area contributed by atoms with Gasteiger partial charge in [-0.15, -0.1) is 0 Å². The molecule has 1 saturated carbocycles. The second kappa shape index (κ2) is 14.2. The molecule has 3 N–H and O–H groups in total. The van der Waals surface area contributed by atoms with E-state index >= 15 is 0 Å². The highest BCUT2D eigenvalue weighted by Gasteiger charge is 2.40. The Morgan fingerprint density at radius 3 is 2.36 bits per heavy atom. The Morgan fingerprint density at radius 2 is 1.78 bits per heavy atom. The number of primary amides is 1. The number of nitrogens with zero attached hydrogens (tertiary/aromatic N) is 2. The minimum Gasteiger partial charge on any atom is -1.00 e. The van der Waals surface area contributed by atoms with Gasteiger partial charge in [-0.1, -0.05) is 0 Å². The molecule has 1 fully saturated rings. The van der Waals surface area contributed by atoms with Gasteiger partial charge in [-0.25, -0.2) is 0 Å². The number of nitrogens with two attached hydrogens (primary N) is 1. The fourth-order valence-corrected chi connectivity index (χ4v) is 6.06. The molecule has 248 valence electrons. The van der Waals surface area contributed by atoms with E-state index in [4.69, 9.17) is 15.2 Å².